The van der Waals surface area contributed by atoms with Gasteiger partial charge in [0.25, 0.3) is 0 Å². The van der Waals surface area contributed by atoms with Crippen LogP contribution in [0.25, 0.3) is 0 Å². The predicted octanol–water partition coefficient (Wildman–Crippen LogP) is 1.76. The van der Waals surface area contributed by atoms with Crippen molar-refractivity contribution in [2.75, 3.05) is 20.2 Å². The van der Waals surface area contributed by atoms with Crippen LogP contribution in [-0.2, 0) is 4.74 Å². The standard InChI is InChI=1S/C13H28N2O/c1-10-6-5-7-13(9-14,12(10)3)15-8-11(2)16-4/h10-12,15H,5-9,14H2,1-4H3. The summed E-state index contributed by atoms with van der Waals surface area (Å²) in [5.74, 6) is 1.41. The molecule has 1 aliphatic carbocycles. The molecule has 1 aliphatic rings. The van der Waals surface area contributed by atoms with Crippen molar-refractivity contribution < 1.29 is 4.74 Å². The van der Waals surface area contributed by atoms with Crippen LogP contribution in [0.4, 0.5) is 0 Å². The van der Waals surface area contributed by atoms with Crippen LogP contribution in [-0.4, -0.2) is 31.8 Å². The lowest BCUT2D eigenvalue weighted by molar-refractivity contribution is 0.0711. The zero-order valence-corrected chi connectivity index (χ0v) is 11.3. The third kappa shape index (κ3) is 2.96. The molecule has 0 amide bonds. The minimum Gasteiger partial charge on any atom is -0.380 e. The Morgan fingerprint density at radius 3 is 2.75 bits per heavy atom. The predicted molar refractivity (Wildman–Crippen MR) is 68.4 cm³/mol. The van der Waals surface area contributed by atoms with Gasteiger partial charge in [0.2, 0.25) is 0 Å². The Balaban J connectivity index is 2.60. The van der Waals surface area contributed by atoms with Gasteiger partial charge in [-0.3, -0.25) is 0 Å². The van der Waals surface area contributed by atoms with Crippen molar-refractivity contribution in [1.82, 2.24) is 5.32 Å². The molecule has 4 atom stereocenters. The van der Waals surface area contributed by atoms with E-state index in [1.54, 1.807) is 7.11 Å². The highest BCUT2D eigenvalue weighted by molar-refractivity contribution is 4.98. The van der Waals surface area contributed by atoms with Crippen molar-refractivity contribution in [1.29, 1.82) is 0 Å². The molecular weight excluding hydrogens is 200 g/mol. The number of hydrogen-bond acceptors (Lipinski definition) is 3. The van der Waals surface area contributed by atoms with Gasteiger partial charge >= 0.3 is 0 Å². The number of nitrogens with two attached hydrogens (primary N) is 1. The Kier molecular flexibility index (Phi) is 5.22. The number of methoxy groups -OCH3 is 1. The van der Waals surface area contributed by atoms with E-state index >= 15 is 0 Å². The first-order valence-corrected chi connectivity index (χ1v) is 6.53. The summed E-state index contributed by atoms with van der Waals surface area (Å²) in [6.07, 6.45) is 4.08. The third-order valence-electron chi connectivity index (χ3n) is 4.52. The zero-order chi connectivity index (χ0) is 12.2. The van der Waals surface area contributed by atoms with Crippen LogP contribution in [0.1, 0.15) is 40.0 Å². The molecule has 0 heterocycles. The first kappa shape index (κ1) is 13.9. The topological polar surface area (TPSA) is 47.3 Å². The van der Waals surface area contributed by atoms with Crippen molar-refractivity contribution in [2.24, 2.45) is 17.6 Å². The minimum atomic E-state index is 0.129. The van der Waals surface area contributed by atoms with Gasteiger partial charge in [-0.05, 0) is 25.2 Å². The molecule has 1 fully saturated rings. The lowest BCUT2D eigenvalue weighted by Gasteiger charge is -2.46. The molecule has 3 N–H and O–H groups in total. The maximum absolute atomic E-state index is 6.02. The summed E-state index contributed by atoms with van der Waals surface area (Å²) in [6, 6.07) is 0. The van der Waals surface area contributed by atoms with Gasteiger partial charge in [-0.15, -0.1) is 0 Å². The SMILES string of the molecule is COC(C)CNC1(CN)CCCC(C)C1C. The molecule has 0 saturated heterocycles. The Bertz CT molecular complexity index is 210. The fourth-order valence-corrected chi connectivity index (χ4v) is 2.80. The van der Waals surface area contributed by atoms with E-state index in [4.69, 9.17) is 10.5 Å². The second-order valence-electron chi connectivity index (χ2n) is 5.45. The average Bonchev–Trinajstić information content (AvgIpc) is 2.31. The maximum atomic E-state index is 6.02. The second kappa shape index (κ2) is 5.99. The molecule has 1 rings (SSSR count). The van der Waals surface area contributed by atoms with Gasteiger partial charge in [-0.1, -0.05) is 26.7 Å². The highest BCUT2D eigenvalue weighted by Gasteiger charge is 2.40. The van der Waals surface area contributed by atoms with E-state index < -0.39 is 0 Å². The Labute approximate surface area is 100 Å². The normalized spacial score (nSPS) is 37.3. The molecule has 0 aromatic carbocycles. The summed E-state index contributed by atoms with van der Waals surface area (Å²) in [5, 5.41) is 3.67. The molecule has 0 bridgehead atoms. The molecule has 1 saturated carbocycles. The first-order valence-electron chi connectivity index (χ1n) is 6.53. The lowest BCUT2D eigenvalue weighted by Crippen LogP contribution is -2.60. The summed E-state index contributed by atoms with van der Waals surface area (Å²) in [5.41, 5.74) is 6.14. The Morgan fingerprint density at radius 1 is 1.50 bits per heavy atom. The summed E-state index contributed by atoms with van der Waals surface area (Å²) in [4.78, 5) is 0. The molecule has 4 unspecified atom stereocenters. The number of nitrogens with one attached hydrogen (secondary N) is 1. The van der Waals surface area contributed by atoms with Crippen molar-refractivity contribution in [3.63, 3.8) is 0 Å². The Hall–Kier alpha value is -0.120. The van der Waals surface area contributed by atoms with E-state index in [2.05, 4.69) is 26.1 Å². The summed E-state index contributed by atoms with van der Waals surface area (Å²) >= 11 is 0. The third-order valence-corrected chi connectivity index (χ3v) is 4.52. The number of hydrogen-bond donors (Lipinski definition) is 2. The molecule has 0 spiro atoms. The largest absolute Gasteiger partial charge is 0.380 e. The van der Waals surface area contributed by atoms with E-state index in [9.17, 15) is 0 Å². The van der Waals surface area contributed by atoms with Crippen molar-refractivity contribution >= 4 is 0 Å². The van der Waals surface area contributed by atoms with Crippen LogP contribution in [0.2, 0.25) is 0 Å². The monoisotopic (exact) mass is 228 g/mol. The van der Waals surface area contributed by atoms with Crippen molar-refractivity contribution in [3.05, 3.63) is 0 Å². The zero-order valence-electron chi connectivity index (χ0n) is 11.3. The number of ether oxygens (including phenoxy) is 1. The average molecular weight is 228 g/mol. The van der Waals surface area contributed by atoms with Gasteiger partial charge in [0.05, 0.1) is 6.10 Å². The fraction of sp³-hybridized carbons (Fsp3) is 1.00. The van der Waals surface area contributed by atoms with Gasteiger partial charge in [0, 0.05) is 25.7 Å². The van der Waals surface area contributed by atoms with E-state index in [1.807, 2.05) is 0 Å². The van der Waals surface area contributed by atoms with Gasteiger partial charge in [-0.25, -0.2) is 0 Å². The maximum Gasteiger partial charge on any atom is 0.0667 e. The van der Waals surface area contributed by atoms with Crippen LogP contribution in [0.15, 0.2) is 0 Å². The first-order chi connectivity index (χ1) is 7.55. The summed E-state index contributed by atoms with van der Waals surface area (Å²) < 4.78 is 5.29. The highest BCUT2D eigenvalue weighted by atomic mass is 16.5. The van der Waals surface area contributed by atoms with Crippen LogP contribution in [0.5, 0.6) is 0 Å². The molecule has 0 radical (unpaired) electrons. The van der Waals surface area contributed by atoms with E-state index in [0.717, 1.165) is 19.0 Å². The second-order valence-corrected chi connectivity index (χ2v) is 5.45. The lowest BCUT2D eigenvalue weighted by atomic mass is 9.68. The van der Waals surface area contributed by atoms with E-state index in [1.165, 1.54) is 19.3 Å². The van der Waals surface area contributed by atoms with Crippen LogP contribution < -0.4 is 11.1 Å². The minimum absolute atomic E-state index is 0.129. The van der Waals surface area contributed by atoms with Gasteiger partial charge < -0.3 is 15.8 Å². The van der Waals surface area contributed by atoms with Gasteiger partial charge in [-0.2, -0.15) is 0 Å². The van der Waals surface area contributed by atoms with Gasteiger partial charge in [0.15, 0.2) is 0 Å². The molecule has 16 heavy (non-hydrogen) atoms. The smallest absolute Gasteiger partial charge is 0.0667 e. The molecule has 0 aromatic rings. The summed E-state index contributed by atoms with van der Waals surface area (Å²) in [6.45, 7) is 8.39. The molecular formula is C13H28N2O. The molecule has 96 valence electrons. The van der Waals surface area contributed by atoms with E-state index in [-0.39, 0.29) is 11.6 Å². The number of rotatable bonds is 5. The van der Waals surface area contributed by atoms with E-state index in [0.29, 0.717) is 5.92 Å². The Morgan fingerprint density at radius 2 is 2.19 bits per heavy atom. The van der Waals surface area contributed by atoms with Crippen LogP contribution >= 0.6 is 0 Å². The van der Waals surface area contributed by atoms with Crippen molar-refractivity contribution in [3.8, 4) is 0 Å². The fourth-order valence-electron chi connectivity index (χ4n) is 2.80. The van der Waals surface area contributed by atoms with Crippen molar-refractivity contribution in [2.45, 2.75) is 51.7 Å². The summed E-state index contributed by atoms with van der Waals surface area (Å²) in [7, 11) is 1.76. The molecule has 0 aromatic heterocycles. The quantitative estimate of drug-likeness (QED) is 0.754. The van der Waals surface area contributed by atoms with Crippen LogP contribution in [0, 0.1) is 11.8 Å². The molecule has 3 nitrogen and oxygen atoms in total. The highest BCUT2D eigenvalue weighted by Crippen LogP contribution is 2.37. The molecule has 3 heteroatoms. The van der Waals surface area contributed by atoms with Gasteiger partial charge in [0.1, 0.15) is 0 Å². The molecule has 0 aliphatic heterocycles. The van der Waals surface area contributed by atoms with Crippen LogP contribution in [0.3, 0.4) is 0 Å².